The highest BCUT2D eigenvalue weighted by molar-refractivity contribution is 7.20. The average molecular weight is 267 g/mol. The highest BCUT2D eigenvalue weighted by Gasteiger charge is 2.04. The highest BCUT2D eigenvalue weighted by Crippen LogP contribution is 2.30. The predicted molar refractivity (Wildman–Crippen MR) is 69.2 cm³/mol. The summed E-state index contributed by atoms with van der Waals surface area (Å²) < 4.78 is 1.54. The molecule has 1 aromatic rings. The Balaban J connectivity index is 2.12. The van der Waals surface area contributed by atoms with Crippen molar-refractivity contribution in [3.05, 3.63) is 20.3 Å². The zero-order chi connectivity index (χ0) is 11.1. The van der Waals surface area contributed by atoms with E-state index >= 15 is 0 Å². The third kappa shape index (κ3) is 5.18. The van der Waals surface area contributed by atoms with Crippen LogP contribution in [0.1, 0.15) is 18.9 Å². The Hall–Kier alpha value is 0.200. The van der Waals surface area contributed by atoms with Crippen LogP contribution in [0.5, 0.6) is 0 Å². The summed E-state index contributed by atoms with van der Waals surface area (Å²) in [6.45, 7) is 5.96. The number of rotatable bonds is 7. The van der Waals surface area contributed by atoms with E-state index in [1.807, 2.05) is 6.07 Å². The predicted octanol–water partition coefficient (Wildman–Crippen LogP) is 3.14. The maximum atomic E-state index is 5.99. The fourth-order valence-electron chi connectivity index (χ4n) is 1.20. The van der Waals surface area contributed by atoms with Gasteiger partial charge in [-0.3, -0.25) is 0 Å². The van der Waals surface area contributed by atoms with Crippen molar-refractivity contribution in [2.24, 2.45) is 0 Å². The third-order valence-corrected chi connectivity index (χ3v) is 3.52. The first-order valence-corrected chi connectivity index (χ1v) is 6.66. The maximum Gasteiger partial charge on any atom is 0.0989 e. The van der Waals surface area contributed by atoms with Gasteiger partial charge in [0, 0.05) is 19.6 Å². The fourth-order valence-corrected chi connectivity index (χ4v) is 2.68. The molecule has 0 aromatic carbocycles. The van der Waals surface area contributed by atoms with Crippen molar-refractivity contribution in [2.75, 3.05) is 19.6 Å². The van der Waals surface area contributed by atoms with Gasteiger partial charge in [-0.2, -0.15) is 0 Å². The molecule has 0 unspecified atom stereocenters. The van der Waals surface area contributed by atoms with Crippen LogP contribution >= 0.6 is 34.5 Å². The van der Waals surface area contributed by atoms with Crippen molar-refractivity contribution in [3.63, 3.8) is 0 Å². The van der Waals surface area contributed by atoms with Crippen LogP contribution in [0, 0.1) is 0 Å². The van der Waals surface area contributed by atoms with Gasteiger partial charge in [0.15, 0.2) is 0 Å². The molecular formula is C10H16Cl2N2S. The van der Waals surface area contributed by atoms with Crippen molar-refractivity contribution >= 4 is 34.5 Å². The van der Waals surface area contributed by atoms with E-state index in [1.165, 1.54) is 17.8 Å². The van der Waals surface area contributed by atoms with Gasteiger partial charge >= 0.3 is 0 Å². The lowest BCUT2D eigenvalue weighted by molar-refractivity contribution is 0.607. The van der Waals surface area contributed by atoms with Crippen LogP contribution in [0.3, 0.4) is 0 Å². The van der Waals surface area contributed by atoms with Gasteiger partial charge in [-0.25, -0.2) is 0 Å². The molecular weight excluding hydrogens is 251 g/mol. The molecule has 0 aliphatic carbocycles. The molecule has 15 heavy (non-hydrogen) atoms. The lowest BCUT2D eigenvalue weighted by atomic mass is 10.3. The molecule has 0 spiro atoms. The SMILES string of the molecule is CCCNCCNCc1cc(Cl)sc1Cl. The number of hydrogen-bond acceptors (Lipinski definition) is 3. The third-order valence-electron chi connectivity index (χ3n) is 1.95. The second-order valence-electron chi connectivity index (χ2n) is 3.28. The van der Waals surface area contributed by atoms with Gasteiger partial charge in [-0.15, -0.1) is 11.3 Å². The number of nitrogens with one attached hydrogen (secondary N) is 2. The summed E-state index contributed by atoms with van der Waals surface area (Å²) in [7, 11) is 0. The minimum atomic E-state index is 0.751. The van der Waals surface area contributed by atoms with Crippen LogP contribution in [0.25, 0.3) is 0 Å². The van der Waals surface area contributed by atoms with E-state index in [4.69, 9.17) is 23.2 Å². The van der Waals surface area contributed by atoms with E-state index in [0.717, 1.165) is 40.4 Å². The Bertz CT molecular complexity index is 289. The lowest BCUT2D eigenvalue weighted by Gasteiger charge is -2.04. The van der Waals surface area contributed by atoms with E-state index in [0.29, 0.717) is 0 Å². The Morgan fingerprint density at radius 2 is 1.93 bits per heavy atom. The van der Waals surface area contributed by atoms with E-state index in [-0.39, 0.29) is 0 Å². The standard InChI is InChI=1S/C10H16Cl2N2S/c1-2-3-13-4-5-14-7-8-6-9(11)15-10(8)12/h6,13-14H,2-5,7H2,1H3. The number of halogens is 2. The van der Waals surface area contributed by atoms with Gasteiger partial charge in [0.2, 0.25) is 0 Å². The molecule has 0 amide bonds. The largest absolute Gasteiger partial charge is 0.315 e. The first-order valence-electron chi connectivity index (χ1n) is 5.09. The van der Waals surface area contributed by atoms with E-state index in [2.05, 4.69) is 17.6 Å². The quantitative estimate of drug-likeness (QED) is 0.742. The van der Waals surface area contributed by atoms with Crippen LogP contribution < -0.4 is 10.6 Å². The molecule has 2 N–H and O–H groups in total. The second kappa shape index (κ2) is 7.47. The molecule has 5 heteroatoms. The van der Waals surface area contributed by atoms with Gasteiger partial charge < -0.3 is 10.6 Å². The summed E-state index contributed by atoms with van der Waals surface area (Å²) in [6, 6.07) is 1.92. The van der Waals surface area contributed by atoms with Crippen molar-refractivity contribution in [1.29, 1.82) is 0 Å². The van der Waals surface area contributed by atoms with Gasteiger partial charge in [0.1, 0.15) is 0 Å². The highest BCUT2D eigenvalue weighted by atomic mass is 35.5. The molecule has 0 aliphatic rings. The van der Waals surface area contributed by atoms with Crippen LogP contribution in [0.15, 0.2) is 6.07 Å². The molecule has 0 saturated heterocycles. The van der Waals surface area contributed by atoms with Crippen molar-refractivity contribution in [3.8, 4) is 0 Å². The van der Waals surface area contributed by atoms with Gasteiger partial charge in [-0.1, -0.05) is 30.1 Å². The molecule has 1 heterocycles. The molecule has 1 rings (SSSR count). The summed E-state index contributed by atoms with van der Waals surface area (Å²) in [6.07, 6.45) is 1.17. The molecule has 0 atom stereocenters. The van der Waals surface area contributed by atoms with E-state index < -0.39 is 0 Å². The van der Waals surface area contributed by atoms with Crippen LogP contribution in [0.4, 0.5) is 0 Å². The molecule has 2 nitrogen and oxygen atoms in total. The average Bonchev–Trinajstić information content (AvgIpc) is 2.51. The van der Waals surface area contributed by atoms with Gasteiger partial charge in [0.05, 0.1) is 8.67 Å². The van der Waals surface area contributed by atoms with Crippen molar-refractivity contribution in [2.45, 2.75) is 19.9 Å². The van der Waals surface area contributed by atoms with E-state index in [1.54, 1.807) is 0 Å². The zero-order valence-corrected chi connectivity index (χ0v) is 11.1. The molecule has 0 radical (unpaired) electrons. The van der Waals surface area contributed by atoms with Crippen molar-refractivity contribution < 1.29 is 0 Å². The fraction of sp³-hybridized carbons (Fsp3) is 0.600. The minimum absolute atomic E-state index is 0.751. The van der Waals surface area contributed by atoms with E-state index in [9.17, 15) is 0 Å². The lowest BCUT2D eigenvalue weighted by Crippen LogP contribution is -2.27. The van der Waals surface area contributed by atoms with Gasteiger partial charge in [-0.05, 0) is 24.6 Å². The Kier molecular flexibility index (Phi) is 6.61. The Morgan fingerprint density at radius 1 is 1.20 bits per heavy atom. The van der Waals surface area contributed by atoms with Crippen LogP contribution in [-0.2, 0) is 6.54 Å². The maximum absolute atomic E-state index is 5.99. The summed E-state index contributed by atoms with van der Waals surface area (Å²) >= 11 is 13.2. The molecule has 0 bridgehead atoms. The smallest absolute Gasteiger partial charge is 0.0989 e. The molecule has 1 aromatic heterocycles. The minimum Gasteiger partial charge on any atom is -0.315 e. The van der Waals surface area contributed by atoms with Crippen LogP contribution in [0.2, 0.25) is 8.67 Å². The molecule has 0 aliphatic heterocycles. The molecule has 86 valence electrons. The summed E-state index contributed by atoms with van der Waals surface area (Å²) in [4.78, 5) is 0. The molecule has 0 fully saturated rings. The first kappa shape index (κ1) is 13.3. The summed E-state index contributed by atoms with van der Waals surface area (Å²) in [5.41, 5.74) is 1.09. The first-order chi connectivity index (χ1) is 7.24. The summed E-state index contributed by atoms with van der Waals surface area (Å²) in [5, 5.41) is 6.64. The number of thiophene rings is 1. The Labute approximate surface area is 105 Å². The number of hydrogen-bond donors (Lipinski definition) is 2. The topological polar surface area (TPSA) is 24.1 Å². The second-order valence-corrected chi connectivity index (χ2v) is 5.56. The normalized spacial score (nSPS) is 10.9. The van der Waals surface area contributed by atoms with Crippen molar-refractivity contribution in [1.82, 2.24) is 10.6 Å². The zero-order valence-electron chi connectivity index (χ0n) is 8.78. The van der Waals surface area contributed by atoms with Gasteiger partial charge in [0.25, 0.3) is 0 Å². The summed E-state index contributed by atoms with van der Waals surface area (Å²) in [5.74, 6) is 0. The monoisotopic (exact) mass is 266 g/mol. The Morgan fingerprint density at radius 3 is 2.53 bits per heavy atom. The molecule has 0 saturated carbocycles. The van der Waals surface area contributed by atoms with Crippen LogP contribution in [-0.4, -0.2) is 19.6 Å².